The van der Waals surface area contributed by atoms with E-state index in [9.17, 15) is 9.90 Å². The number of rotatable bonds is 6. The van der Waals surface area contributed by atoms with Crippen LogP contribution in [-0.4, -0.2) is 24.7 Å². The zero-order valence-corrected chi connectivity index (χ0v) is 13.3. The summed E-state index contributed by atoms with van der Waals surface area (Å²) >= 11 is 0. The lowest BCUT2D eigenvalue weighted by atomic mass is 10.0. The smallest absolute Gasteiger partial charge is 0.241 e. The lowest BCUT2D eigenvalue weighted by molar-refractivity contribution is -0.122. The molecule has 2 rings (SSSR count). The molecule has 0 aliphatic heterocycles. The van der Waals surface area contributed by atoms with Crippen molar-refractivity contribution < 1.29 is 14.6 Å². The van der Waals surface area contributed by atoms with Crippen molar-refractivity contribution in [1.29, 1.82) is 0 Å². The van der Waals surface area contributed by atoms with E-state index in [2.05, 4.69) is 5.32 Å². The number of aryl methyl sites for hydroxylation is 1. The van der Waals surface area contributed by atoms with Crippen LogP contribution in [0.4, 0.5) is 0 Å². The Morgan fingerprint density at radius 2 is 1.91 bits per heavy atom. The van der Waals surface area contributed by atoms with Gasteiger partial charge in [0.1, 0.15) is 11.8 Å². The molecule has 0 bridgehead atoms. The van der Waals surface area contributed by atoms with E-state index in [-0.39, 0.29) is 12.5 Å². The van der Waals surface area contributed by atoms with Crippen LogP contribution in [0.3, 0.4) is 0 Å². The van der Waals surface area contributed by atoms with E-state index in [1.807, 2.05) is 31.2 Å². The minimum absolute atomic E-state index is 0.0889. The summed E-state index contributed by atoms with van der Waals surface area (Å²) in [5, 5.41) is 12.8. The number of ether oxygens (including phenoxy) is 1. The average Bonchev–Trinajstić information content (AvgIpc) is 2.59. The first-order chi connectivity index (χ1) is 11.0. The van der Waals surface area contributed by atoms with Crippen molar-refractivity contribution >= 4 is 5.91 Å². The van der Waals surface area contributed by atoms with Gasteiger partial charge < -0.3 is 20.9 Å². The molecule has 0 radical (unpaired) electrons. The zero-order chi connectivity index (χ0) is 16.8. The van der Waals surface area contributed by atoms with Crippen LogP contribution in [0, 0.1) is 6.92 Å². The van der Waals surface area contributed by atoms with Crippen molar-refractivity contribution in [1.82, 2.24) is 5.32 Å². The van der Waals surface area contributed by atoms with Gasteiger partial charge in [-0.15, -0.1) is 0 Å². The van der Waals surface area contributed by atoms with Gasteiger partial charge in [0, 0.05) is 6.54 Å². The van der Waals surface area contributed by atoms with Gasteiger partial charge in [-0.1, -0.05) is 42.0 Å². The molecule has 5 nitrogen and oxygen atoms in total. The number of methoxy groups -OCH3 is 1. The minimum Gasteiger partial charge on any atom is -0.497 e. The highest BCUT2D eigenvalue weighted by Crippen LogP contribution is 2.19. The van der Waals surface area contributed by atoms with Gasteiger partial charge in [0.2, 0.25) is 5.91 Å². The number of aliphatic hydroxyl groups excluding tert-OH is 1. The Morgan fingerprint density at radius 3 is 2.57 bits per heavy atom. The highest BCUT2D eigenvalue weighted by molar-refractivity contribution is 5.82. The number of nitrogens with two attached hydrogens (primary N) is 1. The molecule has 5 heteroatoms. The third-order valence-corrected chi connectivity index (χ3v) is 3.67. The number of amides is 1. The van der Waals surface area contributed by atoms with Gasteiger partial charge in [0.25, 0.3) is 0 Å². The van der Waals surface area contributed by atoms with Gasteiger partial charge in [-0.3, -0.25) is 4.79 Å². The Morgan fingerprint density at radius 1 is 1.22 bits per heavy atom. The monoisotopic (exact) mass is 314 g/mol. The Hall–Kier alpha value is -2.37. The molecule has 0 fully saturated rings. The topological polar surface area (TPSA) is 84.6 Å². The summed E-state index contributed by atoms with van der Waals surface area (Å²) in [6, 6.07) is 13.8. The van der Waals surface area contributed by atoms with Crippen LogP contribution in [0.5, 0.6) is 5.75 Å². The van der Waals surface area contributed by atoms with E-state index in [1.54, 1.807) is 31.4 Å². The van der Waals surface area contributed by atoms with Crippen molar-refractivity contribution in [2.75, 3.05) is 13.7 Å². The molecule has 0 aromatic heterocycles. The van der Waals surface area contributed by atoms with Gasteiger partial charge in [0.05, 0.1) is 13.2 Å². The molecular weight excluding hydrogens is 292 g/mol. The molecular formula is C18H22N2O3. The van der Waals surface area contributed by atoms with Crippen LogP contribution in [-0.2, 0) is 4.79 Å². The van der Waals surface area contributed by atoms with Crippen molar-refractivity contribution in [2.24, 2.45) is 5.73 Å². The van der Waals surface area contributed by atoms with Crippen LogP contribution in [0.2, 0.25) is 0 Å². The van der Waals surface area contributed by atoms with Crippen molar-refractivity contribution in [3.8, 4) is 5.75 Å². The maximum Gasteiger partial charge on any atom is 0.241 e. The first-order valence-electron chi connectivity index (χ1n) is 7.43. The summed E-state index contributed by atoms with van der Waals surface area (Å²) in [5.41, 5.74) is 8.47. The molecule has 2 aromatic carbocycles. The van der Waals surface area contributed by atoms with Crippen molar-refractivity contribution in [3.63, 3.8) is 0 Å². The minimum atomic E-state index is -0.820. The van der Waals surface area contributed by atoms with Crippen LogP contribution in [0.25, 0.3) is 0 Å². The lowest BCUT2D eigenvalue weighted by Gasteiger charge is -2.16. The maximum absolute atomic E-state index is 12.1. The van der Waals surface area contributed by atoms with E-state index in [1.165, 1.54) is 0 Å². The standard InChI is InChI=1S/C18H22N2O3/c1-12-6-8-13(9-7-12)17(19)18(22)20-11-16(21)14-4-3-5-15(10-14)23-2/h3-10,16-17,21H,11,19H2,1-2H3,(H,20,22). The summed E-state index contributed by atoms with van der Waals surface area (Å²) in [6.45, 7) is 2.06. The number of benzene rings is 2. The summed E-state index contributed by atoms with van der Waals surface area (Å²) in [6.07, 6.45) is -0.820. The molecule has 0 aliphatic carbocycles. The number of hydrogen-bond acceptors (Lipinski definition) is 4. The predicted octanol–water partition coefficient (Wildman–Crippen LogP) is 1.85. The molecule has 1 amide bonds. The molecule has 4 N–H and O–H groups in total. The highest BCUT2D eigenvalue weighted by Gasteiger charge is 2.17. The van der Waals surface area contributed by atoms with Crippen molar-refractivity contribution in [3.05, 3.63) is 65.2 Å². The summed E-state index contributed by atoms with van der Waals surface area (Å²) in [4.78, 5) is 12.1. The van der Waals surface area contributed by atoms with Crippen LogP contribution < -0.4 is 15.8 Å². The fourth-order valence-corrected chi connectivity index (χ4v) is 2.20. The van der Waals surface area contributed by atoms with Crippen LogP contribution >= 0.6 is 0 Å². The zero-order valence-electron chi connectivity index (χ0n) is 13.3. The Labute approximate surface area is 136 Å². The third kappa shape index (κ3) is 4.55. The molecule has 0 spiro atoms. The van der Waals surface area contributed by atoms with Gasteiger partial charge >= 0.3 is 0 Å². The normalized spacial score (nSPS) is 13.2. The van der Waals surface area contributed by atoms with Gasteiger partial charge in [0.15, 0.2) is 0 Å². The lowest BCUT2D eigenvalue weighted by Crippen LogP contribution is -2.36. The molecule has 122 valence electrons. The van der Waals surface area contributed by atoms with Crippen LogP contribution in [0.15, 0.2) is 48.5 Å². The summed E-state index contributed by atoms with van der Waals surface area (Å²) in [5.74, 6) is 0.333. The second-order valence-corrected chi connectivity index (χ2v) is 5.43. The fraction of sp³-hybridized carbons (Fsp3) is 0.278. The molecule has 0 saturated heterocycles. The molecule has 2 unspecified atom stereocenters. The van der Waals surface area contributed by atoms with Gasteiger partial charge in [-0.25, -0.2) is 0 Å². The van der Waals surface area contributed by atoms with Gasteiger partial charge in [-0.2, -0.15) is 0 Å². The first kappa shape index (κ1) is 17.0. The first-order valence-corrected chi connectivity index (χ1v) is 7.43. The number of carbonyl (C=O) groups excluding carboxylic acids is 1. The molecule has 2 aromatic rings. The van der Waals surface area contributed by atoms with Crippen molar-refractivity contribution in [2.45, 2.75) is 19.1 Å². The molecule has 0 aliphatic rings. The number of carbonyl (C=O) groups is 1. The number of hydrogen-bond donors (Lipinski definition) is 3. The van der Waals surface area contributed by atoms with E-state index < -0.39 is 12.1 Å². The quantitative estimate of drug-likeness (QED) is 0.760. The van der Waals surface area contributed by atoms with E-state index in [0.29, 0.717) is 11.3 Å². The number of nitrogens with one attached hydrogen (secondary N) is 1. The Kier molecular flexibility index (Phi) is 5.73. The SMILES string of the molecule is COc1cccc(C(O)CNC(=O)C(N)c2ccc(C)cc2)c1. The Balaban J connectivity index is 1.93. The molecule has 0 saturated carbocycles. The number of aliphatic hydroxyl groups is 1. The molecule has 0 heterocycles. The largest absolute Gasteiger partial charge is 0.497 e. The fourth-order valence-electron chi connectivity index (χ4n) is 2.20. The predicted molar refractivity (Wildman–Crippen MR) is 89.1 cm³/mol. The highest BCUT2D eigenvalue weighted by atomic mass is 16.5. The van der Waals surface area contributed by atoms with Crippen LogP contribution in [0.1, 0.15) is 28.8 Å². The van der Waals surface area contributed by atoms with E-state index >= 15 is 0 Å². The summed E-state index contributed by atoms with van der Waals surface area (Å²) < 4.78 is 5.12. The van der Waals surface area contributed by atoms with E-state index in [4.69, 9.17) is 10.5 Å². The van der Waals surface area contributed by atoms with E-state index in [0.717, 1.165) is 11.1 Å². The maximum atomic E-state index is 12.1. The molecule has 23 heavy (non-hydrogen) atoms. The average molecular weight is 314 g/mol. The van der Waals surface area contributed by atoms with Gasteiger partial charge in [-0.05, 0) is 30.2 Å². The second-order valence-electron chi connectivity index (χ2n) is 5.43. The molecule has 2 atom stereocenters. The second kappa shape index (κ2) is 7.76. The third-order valence-electron chi connectivity index (χ3n) is 3.67. The summed E-state index contributed by atoms with van der Waals surface area (Å²) in [7, 11) is 1.56. The Bertz CT molecular complexity index is 656.